The van der Waals surface area contributed by atoms with Crippen LogP contribution < -0.4 is 22.1 Å². The van der Waals surface area contributed by atoms with E-state index in [1.165, 1.54) is 0 Å². The van der Waals surface area contributed by atoms with Crippen LogP contribution >= 0.6 is 0 Å². The number of ether oxygens (including phenoxy) is 1. The Morgan fingerprint density at radius 3 is 2.25 bits per heavy atom. The van der Waals surface area contributed by atoms with Crippen LogP contribution in [0.3, 0.4) is 0 Å². The van der Waals surface area contributed by atoms with Gasteiger partial charge < -0.3 is 36.8 Å². The first-order chi connectivity index (χ1) is 21.0. The van der Waals surface area contributed by atoms with E-state index in [1.807, 2.05) is 48.8 Å². The average molecular weight is 602 g/mol. The number of carbonyl (C=O) groups excluding carboxylic acids is 1. The fourth-order valence-corrected chi connectivity index (χ4v) is 6.92. The largest absolute Gasteiger partial charge is 0.507 e. The fraction of sp³-hybridized carbons (Fsp3) is 0.500. The summed E-state index contributed by atoms with van der Waals surface area (Å²) in [5.41, 5.74) is 21.3. The van der Waals surface area contributed by atoms with Gasteiger partial charge in [0.25, 0.3) is 0 Å². The predicted molar refractivity (Wildman–Crippen MR) is 171 cm³/mol. The van der Waals surface area contributed by atoms with Crippen LogP contribution in [-0.4, -0.2) is 66.6 Å². The second-order valence-corrected chi connectivity index (χ2v) is 13.2. The summed E-state index contributed by atoms with van der Waals surface area (Å²) in [5.74, 6) is 1.40. The molecule has 3 aliphatic heterocycles. The second-order valence-electron chi connectivity index (χ2n) is 13.2. The molecule has 5 heterocycles. The number of nitrogen functional groups attached to an aromatic ring is 2. The molecule has 3 aliphatic rings. The minimum Gasteiger partial charge on any atom is -0.507 e. The van der Waals surface area contributed by atoms with E-state index in [9.17, 15) is 9.90 Å². The molecule has 0 aliphatic carbocycles. The molecule has 44 heavy (non-hydrogen) atoms. The maximum absolute atomic E-state index is 12.8. The first kappa shape index (κ1) is 29.6. The van der Waals surface area contributed by atoms with E-state index in [-0.39, 0.29) is 35.8 Å². The van der Waals surface area contributed by atoms with Crippen molar-refractivity contribution in [3.63, 3.8) is 0 Å². The van der Waals surface area contributed by atoms with Gasteiger partial charge in [0.05, 0.1) is 11.7 Å². The average Bonchev–Trinajstić information content (AvgIpc) is 3.43. The highest BCUT2D eigenvalue weighted by molar-refractivity contribution is 5.86. The lowest BCUT2D eigenvalue weighted by Crippen LogP contribution is -2.48. The minimum atomic E-state index is -0.495. The van der Waals surface area contributed by atoms with Gasteiger partial charge in [-0.05, 0) is 89.0 Å². The molecule has 0 radical (unpaired) electrons. The number of aromatic hydroxyl groups is 1. The summed E-state index contributed by atoms with van der Waals surface area (Å²) < 4.78 is 7.55. The summed E-state index contributed by atoms with van der Waals surface area (Å²) >= 11 is 0. The van der Waals surface area contributed by atoms with Crippen LogP contribution in [0.2, 0.25) is 0 Å². The molecule has 0 saturated carbocycles. The van der Waals surface area contributed by atoms with Crippen molar-refractivity contribution < 1.29 is 14.6 Å². The van der Waals surface area contributed by atoms with Gasteiger partial charge in [-0.3, -0.25) is 4.68 Å². The number of fused-ring (bicyclic) bond motifs is 2. The number of piperidine rings is 2. The number of rotatable bonds is 5. The fourth-order valence-electron chi connectivity index (χ4n) is 6.92. The number of nitrogens with two attached hydrogens (primary N) is 3. The quantitative estimate of drug-likeness (QED) is 0.326. The molecule has 3 fully saturated rings. The lowest BCUT2D eigenvalue weighted by atomic mass is 9.86. The highest BCUT2D eigenvalue weighted by atomic mass is 16.6. The number of phenolic OH excluding ortho intramolecular Hbond substituents is 1. The van der Waals surface area contributed by atoms with Crippen molar-refractivity contribution in [2.45, 2.75) is 88.9 Å². The molecular formula is C32H43N9O3. The van der Waals surface area contributed by atoms with Gasteiger partial charge in [0, 0.05) is 48.8 Å². The van der Waals surface area contributed by atoms with Gasteiger partial charge in [0.1, 0.15) is 17.0 Å². The number of hydrogen-bond acceptors (Lipinski definition) is 10. The zero-order valence-electron chi connectivity index (χ0n) is 25.7. The Labute approximate surface area is 257 Å². The molecule has 6 rings (SSSR count). The Hall–Kier alpha value is -4.48. The van der Waals surface area contributed by atoms with Crippen molar-refractivity contribution in [2.75, 3.05) is 29.5 Å². The molecule has 7 N–H and O–H groups in total. The van der Waals surface area contributed by atoms with E-state index in [0.717, 1.165) is 57.2 Å². The number of para-hydroxylation sites is 1. The SMILES string of the molecule is CC(C)(C)OC(=O)N1C2CCC1CC(c1cnc(N3CCC(n4nc(N)c(N)c4/C=C(\N)c4ccccc4O)CC3)nc1)C2. The molecule has 1 amide bonds. The molecule has 3 aromatic rings. The van der Waals surface area contributed by atoms with E-state index >= 15 is 0 Å². The zero-order valence-corrected chi connectivity index (χ0v) is 25.7. The molecule has 2 unspecified atom stereocenters. The Morgan fingerprint density at radius 2 is 1.64 bits per heavy atom. The van der Waals surface area contributed by atoms with Gasteiger partial charge >= 0.3 is 6.09 Å². The number of amides is 1. The standard InChI is InChI=1S/C32H43N9O3/c1-32(2,3)44-31(43)40-22-8-9-23(40)15-19(14-22)20-17-36-30(37-18-20)39-12-10-21(11-13-39)41-26(28(34)29(35)38-41)16-25(33)24-6-4-5-7-27(24)42/h4-7,16-19,21-23,42H,8-15,33-34H2,1-3H3,(H2,35,38)/b25-16-. The third-order valence-electron chi connectivity index (χ3n) is 9.08. The smallest absolute Gasteiger partial charge is 0.410 e. The number of hydrogen-bond donors (Lipinski definition) is 4. The van der Waals surface area contributed by atoms with Crippen molar-refractivity contribution in [1.29, 1.82) is 0 Å². The van der Waals surface area contributed by atoms with Crippen LogP contribution in [0.15, 0.2) is 36.7 Å². The van der Waals surface area contributed by atoms with Gasteiger partial charge in [-0.25, -0.2) is 14.8 Å². The normalized spacial score (nSPS) is 22.8. The highest BCUT2D eigenvalue weighted by Gasteiger charge is 2.45. The van der Waals surface area contributed by atoms with Crippen LogP contribution in [0.25, 0.3) is 11.8 Å². The van der Waals surface area contributed by atoms with Crippen LogP contribution in [0.1, 0.15) is 88.1 Å². The summed E-state index contributed by atoms with van der Waals surface area (Å²) in [4.78, 5) is 26.5. The van der Waals surface area contributed by atoms with Crippen LogP contribution in [-0.2, 0) is 4.74 Å². The Kier molecular flexibility index (Phi) is 7.77. The maximum Gasteiger partial charge on any atom is 0.410 e. The Morgan fingerprint density at radius 1 is 1.00 bits per heavy atom. The van der Waals surface area contributed by atoms with E-state index in [1.54, 1.807) is 24.3 Å². The number of phenols is 1. The van der Waals surface area contributed by atoms with Gasteiger partial charge in [-0.2, -0.15) is 5.10 Å². The van der Waals surface area contributed by atoms with E-state index in [4.69, 9.17) is 31.9 Å². The Bertz CT molecular complexity index is 1520. The number of carbonyl (C=O) groups is 1. The van der Waals surface area contributed by atoms with Gasteiger partial charge in [0.2, 0.25) is 5.95 Å². The van der Waals surface area contributed by atoms with Crippen molar-refractivity contribution in [3.05, 3.63) is 53.5 Å². The van der Waals surface area contributed by atoms with Crippen molar-refractivity contribution >= 4 is 35.3 Å². The summed E-state index contributed by atoms with van der Waals surface area (Å²) in [6, 6.07) is 7.37. The molecule has 12 nitrogen and oxygen atoms in total. The molecule has 234 valence electrons. The third kappa shape index (κ3) is 5.85. The number of anilines is 3. The van der Waals surface area contributed by atoms with Gasteiger partial charge in [-0.1, -0.05) is 12.1 Å². The topological polar surface area (TPSA) is 175 Å². The van der Waals surface area contributed by atoms with Crippen molar-refractivity contribution in [3.8, 4) is 5.75 Å². The van der Waals surface area contributed by atoms with Crippen LogP contribution in [0.4, 0.5) is 22.2 Å². The first-order valence-corrected chi connectivity index (χ1v) is 15.5. The zero-order chi connectivity index (χ0) is 31.2. The lowest BCUT2D eigenvalue weighted by molar-refractivity contribution is 0.00582. The van der Waals surface area contributed by atoms with Crippen LogP contribution in [0, 0.1) is 0 Å². The molecule has 3 saturated heterocycles. The molecule has 0 spiro atoms. The van der Waals surface area contributed by atoms with Gasteiger partial charge in [-0.15, -0.1) is 0 Å². The number of benzene rings is 1. The van der Waals surface area contributed by atoms with Crippen molar-refractivity contribution in [2.24, 2.45) is 5.73 Å². The molecule has 2 atom stereocenters. The minimum absolute atomic E-state index is 0.0687. The molecule has 2 aromatic heterocycles. The predicted octanol–water partition coefficient (Wildman–Crippen LogP) is 4.49. The summed E-state index contributed by atoms with van der Waals surface area (Å²) in [6.45, 7) is 7.24. The third-order valence-corrected chi connectivity index (χ3v) is 9.08. The van der Waals surface area contributed by atoms with Crippen LogP contribution in [0.5, 0.6) is 5.75 Å². The number of nitrogens with zero attached hydrogens (tertiary/aromatic N) is 6. The monoisotopic (exact) mass is 601 g/mol. The van der Waals surface area contributed by atoms with E-state index in [0.29, 0.717) is 34.5 Å². The molecule has 12 heteroatoms. The lowest BCUT2D eigenvalue weighted by Gasteiger charge is -2.39. The van der Waals surface area contributed by atoms with E-state index < -0.39 is 5.60 Å². The summed E-state index contributed by atoms with van der Waals surface area (Å²) in [7, 11) is 0. The Balaban J connectivity index is 1.09. The molecular weight excluding hydrogens is 558 g/mol. The summed E-state index contributed by atoms with van der Waals surface area (Å²) in [6.07, 6.45) is 10.9. The summed E-state index contributed by atoms with van der Waals surface area (Å²) in [5, 5.41) is 14.8. The molecule has 1 aromatic carbocycles. The van der Waals surface area contributed by atoms with Crippen molar-refractivity contribution in [1.82, 2.24) is 24.6 Å². The maximum atomic E-state index is 12.8. The number of aromatic nitrogens is 4. The first-order valence-electron chi connectivity index (χ1n) is 15.5. The highest BCUT2D eigenvalue weighted by Crippen LogP contribution is 2.43. The van der Waals surface area contributed by atoms with Gasteiger partial charge in [0.15, 0.2) is 5.82 Å². The second kappa shape index (κ2) is 11.5. The van der Waals surface area contributed by atoms with E-state index in [2.05, 4.69) is 10.00 Å². The molecule has 2 bridgehead atoms.